The van der Waals surface area contributed by atoms with E-state index in [-0.39, 0.29) is 11.7 Å². The van der Waals surface area contributed by atoms with Gasteiger partial charge in [0.25, 0.3) is 0 Å². The van der Waals surface area contributed by atoms with E-state index in [0.29, 0.717) is 19.0 Å². The Morgan fingerprint density at radius 1 is 1.21 bits per heavy atom. The fourth-order valence-corrected chi connectivity index (χ4v) is 3.30. The minimum atomic E-state index is -0.279. The van der Waals surface area contributed by atoms with Crippen LogP contribution in [0.15, 0.2) is 48.5 Å². The molecule has 3 nitrogen and oxygen atoms in total. The number of nitrogens with one attached hydrogen (secondary N) is 1. The van der Waals surface area contributed by atoms with Crippen molar-refractivity contribution in [2.45, 2.75) is 32.2 Å². The summed E-state index contributed by atoms with van der Waals surface area (Å²) in [5, 5.41) is 2.95. The second-order valence-electron chi connectivity index (χ2n) is 6.38. The predicted molar refractivity (Wildman–Crippen MR) is 94.7 cm³/mol. The molecule has 0 saturated carbocycles. The van der Waals surface area contributed by atoms with Crippen molar-refractivity contribution >= 4 is 11.6 Å². The van der Waals surface area contributed by atoms with Crippen molar-refractivity contribution in [3.05, 3.63) is 65.5 Å². The summed E-state index contributed by atoms with van der Waals surface area (Å²) in [6.45, 7) is 3.84. The van der Waals surface area contributed by atoms with Crippen LogP contribution in [0, 0.1) is 5.82 Å². The van der Waals surface area contributed by atoms with E-state index in [1.165, 1.54) is 23.4 Å². The van der Waals surface area contributed by atoms with Crippen LogP contribution in [0.2, 0.25) is 0 Å². The second kappa shape index (κ2) is 7.47. The topological polar surface area (TPSA) is 32.3 Å². The highest BCUT2D eigenvalue weighted by atomic mass is 19.1. The number of para-hydroxylation sites is 1. The summed E-state index contributed by atoms with van der Waals surface area (Å²) in [5.74, 6) is -0.296. The van der Waals surface area contributed by atoms with E-state index in [1.54, 1.807) is 12.1 Å². The van der Waals surface area contributed by atoms with Crippen LogP contribution in [0.25, 0.3) is 0 Å². The molecule has 1 aliphatic rings. The van der Waals surface area contributed by atoms with Crippen molar-refractivity contribution in [1.29, 1.82) is 0 Å². The monoisotopic (exact) mass is 326 g/mol. The molecule has 4 heteroatoms. The van der Waals surface area contributed by atoms with E-state index in [0.717, 1.165) is 24.9 Å². The molecule has 0 aliphatic carbocycles. The van der Waals surface area contributed by atoms with Gasteiger partial charge >= 0.3 is 0 Å². The number of hydrogen-bond donors (Lipinski definition) is 1. The number of anilines is 1. The minimum Gasteiger partial charge on any atom is -0.368 e. The Hall–Kier alpha value is -2.36. The van der Waals surface area contributed by atoms with E-state index in [9.17, 15) is 9.18 Å². The van der Waals surface area contributed by atoms with Gasteiger partial charge in [0.1, 0.15) is 5.82 Å². The predicted octanol–water partition coefficient (Wildman–Crippen LogP) is 3.33. The van der Waals surface area contributed by atoms with Gasteiger partial charge in [0, 0.05) is 24.8 Å². The zero-order valence-electron chi connectivity index (χ0n) is 14.0. The highest BCUT2D eigenvalue weighted by Crippen LogP contribution is 2.31. The lowest BCUT2D eigenvalue weighted by atomic mass is 10.1. The summed E-state index contributed by atoms with van der Waals surface area (Å²) < 4.78 is 12.9. The first-order valence-corrected chi connectivity index (χ1v) is 8.49. The quantitative estimate of drug-likeness (QED) is 0.826. The molecule has 1 atom stereocenters. The molecule has 2 aromatic rings. The maximum absolute atomic E-state index is 12.9. The minimum absolute atomic E-state index is 0.0171. The Kier molecular flexibility index (Phi) is 5.14. The molecule has 2 aromatic carbocycles. The van der Waals surface area contributed by atoms with Gasteiger partial charge in [-0.3, -0.25) is 4.79 Å². The average molecular weight is 326 g/mol. The molecular formula is C20H23FN2O. The first-order chi connectivity index (χ1) is 11.6. The Morgan fingerprint density at radius 2 is 1.96 bits per heavy atom. The van der Waals surface area contributed by atoms with Crippen LogP contribution in [0.4, 0.5) is 10.1 Å². The molecule has 1 amide bonds. The van der Waals surface area contributed by atoms with E-state index in [4.69, 9.17) is 0 Å². The van der Waals surface area contributed by atoms with Crippen LogP contribution in [-0.4, -0.2) is 25.0 Å². The van der Waals surface area contributed by atoms with Gasteiger partial charge in [-0.05, 0) is 49.1 Å². The van der Waals surface area contributed by atoms with Gasteiger partial charge < -0.3 is 10.2 Å². The third-order valence-electron chi connectivity index (χ3n) is 4.52. The van der Waals surface area contributed by atoms with Crippen molar-refractivity contribution in [3.63, 3.8) is 0 Å². The largest absolute Gasteiger partial charge is 0.368 e. The van der Waals surface area contributed by atoms with Crippen LogP contribution < -0.4 is 10.2 Å². The number of carbonyl (C=O) groups excluding carboxylic acids is 1. The molecule has 1 N–H and O–H groups in total. The molecule has 0 aromatic heterocycles. The Labute approximate surface area is 142 Å². The zero-order chi connectivity index (χ0) is 16.9. The summed E-state index contributed by atoms with van der Waals surface area (Å²) in [7, 11) is 0. The first kappa shape index (κ1) is 16.5. The Bertz CT molecular complexity index is 699. The maximum atomic E-state index is 12.9. The molecule has 1 aliphatic heterocycles. The van der Waals surface area contributed by atoms with Gasteiger partial charge in [-0.2, -0.15) is 0 Å². The zero-order valence-corrected chi connectivity index (χ0v) is 14.0. The highest BCUT2D eigenvalue weighted by Gasteiger charge is 2.24. The van der Waals surface area contributed by atoms with Crippen molar-refractivity contribution in [3.8, 4) is 0 Å². The van der Waals surface area contributed by atoms with Gasteiger partial charge in [0.15, 0.2) is 0 Å². The van der Waals surface area contributed by atoms with Crippen LogP contribution in [0.5, 0.6) is 0 Å². The standard InChI is InChI=1S/C20H23FN2O/c1-15-13-17-5-2-3-6-19(17)23(15)12-4-11-22-20(24)14-16-7-9-18(21)10-8-16/h2-3,5-10,15H,4,11-14H2,1H3,(H,22,24)/t15-/m1/s1. The SMILES string of the molecule is C[C@@H]1Cc2ccccc2N1CCCNC(=O)Cc1ccc(F)cc1. The Balaban J connectivity index is 1.42. The number of carbonyl (C=O) groups is 1. The van der Waals surface area contributed by atoms with Crippen LogP contribution >= 0.6 is 0 Å². The molecule has 0 saturated heterocycles. The average Bonchev–Trinajstić information content (AvgIpc) is 2.89. The maximum Gasteiger partial charge on any atom is 0.224 e. The Morgan fingerprint density at radius 3 is 2.75 bits per heavy atom. The third-order valence-corrected chi connectivity index (χ3v) is 4.52. The first-order valence-electron chi connectivity index (χ1n) is 8.49. The van der Waals surface area contributed by atoms with Crippen molar-refractivity contribution < 1.29 is 9.18 Å². The lowest BCUT2D eigenvalue weighted by molar-refractivity contribution is -0.120. The third kappa shape index (κ3) is 3.94. The summed E-state index contributed by atoms with van der Waals surface area (Å²) in [6.07, 6.45) is 2.30. The normalized spacial score (nSPS) is 16.1. The summed E-state index contributed by atoms with van der Waals surface area (Å²) in [6, 6.07) is 15.1. The van der Waals surface area contributed by atoms with E-state index < -0.39 is 0 Å². The number of benzene rings is 2. The fraction of sp³-hybridized carbons (Fsp3) is 0.350. The van der Waals surface area contributed by atoms with E-state index >= 15 is 0 Å². The number of hydrogen-bond acceptors (Lipinski definition) is 2. The van der Waals surface area contributed by atoms with Crippen LogP contribution in [0.3, 0.4) is 0 Å². The lowest BCUT2D eigenvalue weighted by Gasteiger charge is -2.24. The number of fused-ring (bicyclic) bond motifs is 1. The molecule has 3 rings (SSSR count). The molecule has 0 unspecified atom stereocenters. The number of halogens is 1. The molecule has 0 radical (unpaired) electrons. The van der Waals surface area contributed by atoms with E-state index in [1.807, 2.05) is 0 Å². The van der Waals surface area contributed by atoms with Gasteiger partial charge in [-0.25, -0.2) is 4.39 Å². The van der Waals surface area contributed by atoms with Gasteiger partial charge in [-0.1, -0.05) is 30.3 Å². The van der Waals surface area contributed by atoms with Crippen molar-refractivity contribution in [2.24, 2.45) is 0 Å². The van der Waals surface area contributed by atoms with Crippen molar-refractivity contribution in [2.75, 3.05) is 18.0 Å². The summed E-state index contributed by atoms with van der Waals surface area (Å²) in [5.41, 5.74) is 3.56. The summed E-state index contributed by atoms with van der Waals surface area (Å²) in [4.78, 5) is 14.4. The molecule has 0 fully saturated rings. The number of amides is 1. The van der Waals surface area contributed by atoms with Gasteiger partial charge in [0.2, 0.25) is 5.91 Å². The molecule has 24 heavy (non-hydrogen) atoms. The molecule has 126 valence electrons. The highest BCUT2D eigenvalue weighted by molar-refractivity contribution is 5.78. The number of rotatable bonds is 6. The lowest BCUT2D eigenvalue weighted by Crippen LogP contribution is -2.33. The molecular weight excluding hydrogens is 303 g/mol. The summed E-state index contributed by atoms with van der Waals surface area (Å²) >= 11 is 0. The smallest absolute Gasteiger partial charge is 0.224 e. The fourth-order valence-electron chi connectivity index (χ4n) is 3.30. The van der Waals surface area contributed by atoms with Gasteiger partial charge in [-0.15, -0.1) is 0 Å². The molecule has 0 spiro atoms. The van der Waals surface area contributed by atoms with Gasteiger partial charge in [0.05, 0.1) is 6.42 Å². The van der Waals surface area contributed by atoms with E-state index in [2.05, 4.69) is 41.4 Å². The van der Waals surface area contributed by atoms with Crippen LogP contribution in [-0.2, 0) is 17.6 Å². The second-order valence-corrected chi connectivity index (χ2v) is 6.38. The van der Waals surface area contributed by atoms with Crippen molar-refractivity contribution in [1.82, 2.24) is 5.32 Å². The molecule has 0 bridgehead atoms. The van der Waals surface area contributed by atoms with Crippen LogP contribution in [0.1, 0.15) is 24.5 Å². The number of nitrogens with zero attached hydrogens (tertiary/aromatic N) is 1. The molecule has 1 heterocycles.